The smallest absolute Gasteiger partial charge is 0.259 e. The molecule has 0 radical (unpaired) electrons. The molecule has 0 N–H and O–H groups in total. The van der Waals surface area contributed by atoms with Gasteiger partial charge in [0.25, 0.3) is 5.91 Å². The standard InChI is InChI=1S/C14H13BrN2O/c1-10-5-3-4-6-13(10)17(2)14(18)11-7-12(15)9-16-8-11/h3-9H,1-2H3. The van der Waals surface area contributed by atoms with Gasteiger partial charge in [-0.15, -0.1) is 0 Å². The largest absolute Gasteiger partial charge is 0.311 e. The molecule has 0 spiro atoms. The summed E-state index contributed by atoms with van der Waals surface area (Å²) >= 11 is 3.32. The molecule has 0 saturated carbocycles. The number of pyridine rings is 1. The van der Waals surface area contributed by atoms with Crippen molar-refractivity contribution < 1.29 is 4.79 Å². The van der Waals surface area contributed by atoms with Crippen molar-refractivity contribution in [3.63, 3.8) is 0 Å². The maximum Gasteiger partial charge on any atom is 0.259 e. The van der Waals surface area contributed by atoms with Crippen LogP contribution in [0.2, 0.25) is 0 Å². The Morgan fingerprint density at radius 3 is 2.67 bits per heavy atom. The monoisotopic (exact) mass is 304 g/mol. The number of aryl methyl sites for hydroxylation is 1. The van der Waals surface area contributed by atoms with E-state index in [1.165, 1.54) is 0 Å². The fraction of sp³-hybridized carbons (Fsp3) is 0.143. The van der Waals surface area contributed by atoms with E-state index in [1.54, 1.807) is 30.4 Å². The number of hydrogen-bond acceptors (Lipinski definition) is 2. The van der Waals surface area contributed by atoms with Gasteiger partial charge in [-0.3, -0.25) is 9.78 Å². The van der Waals surface area contributed by atoms with Crippen molar-refractivity contribution in [1.29, 1.82) is 0 Å². The molecule has 0 fully saturated rings. The van der Waals surface area contributed by atoms with Gasteiger partial charge < -0.3 is 4.90 Å². The molecule has 92 valence electrons. The number of aromatic nitrogens is 1. The maximum atomic E-state index is 12.3. The van der Waals surface area contributed by atoms with Crippen molar-refractivity contribution in [2.75, 3.05) is 11.9 Å². The molecule has 18 heavy (non-hydrogen) atoms. The first-order chi connectivity index (χ1) is 8.59. The van der Waals surface area contributed by atoms with Crippen molar-refractivity contribution in [2.45, 2.75) is 6.92 Å². The van der Waals surface area contributed by atoms with Crippen LogP contribution in [0.25, 0.3) is 0 Å². The first-order valence-corrected chi connectivity index (χ1v) is 6.33. The van der Waals surface area contributed by atoms with E-state index in [4.69, 9.17) is 0 Å². The molecule has 3 nitrogen and oxygen atoms in total. The fourth-order valence-corrected chi connectivity index (χ4v) is 2.14. The molecule has 1 aromatic heterocycles. The van der Waals surface area contributed by atoms with Crippen LogP contribution >= 0.6 is 15.9 Å². The summed E-state index contributed by atoms with van der Waals surface area (Å²) in [5.41, 5.74) is 2.54. The van der Waals surface area contributed by atoms with Crippen LogP contribution in [0.5, 0.6) is 0 Å². The zero-order valence-corrected chi connectivity index (χ0v) is 11.8. The molecule has 2 rings (SSSR count). The van der Waals surface area contributed by atoms with Gasteiger partial charge in [-0.25, -0.2) is 0 Å². The highest BCUT2D eigenvalue weighted by Gasteiger charge is 2.15. The minimum Gasteiger partial charge on any atom is -0.311 e. The van der Waals surface area contributed by atoms with Crippen LogP contribution < -0.4 is 4.90 Å². The van der Waals surface area contributed by atoms with Crippen molar-refractivity contribution >= 4 is 27.5 Å². The topological polar surface area (TPSA) is 33.2 Å². The predicted octanol–water partition coefficient (Wildman–Crippen LogP) is 3.43. The molecule has 0 bridgehead atoms. The Morgan fingerprint density at radius 2 is 2.00 bits per heavy atom. The predicted molar refractivity (Wildman–Crippen MR) is 75.8 cm³/mol. The van der Waals surface area contributed by atoms with E-state index in [2.05, 4.69) is 20.9 Å². The van der Waals surface area contributed by atoms with Gasteiger partial charge in [0.2, 0.25) is 0 Å². The molecular weight excluding hydrogens is 292 g/mol. The zero-order valence-electron chi connectivity index (χ0n) is 10.2. The summed E-state index contributed by atoms with van der Waals surface area (Å²) < 4.78 is 0.798. The third-order valence-electron chi connectivity index (χ3n) is 2.73. The Kier molecular flexibility index (Phi) is 3.77. The number of carbonyl (C=O) groups excluding carboxylic acids is 1. The lowest BCUT2D eigenvalue weighted by Crippen LogP contribution is -2.26. The molecule has 0 atom stereocenters. The minimum atomic E-state index is -0.0712. The second-order valence-electron chi connectivity index (χ2n) is 4.04. The summed E-state index contributed by atoms with van der Waals surface area (Å²) in [6.45, 7) is 1.98. The summed E-state index contributed by atoms with van der Waals surface area (Å²) in [4.78, 5) is 18.0. The SMILES string of the molecule is Cc1ccccc1N(C)C(=O)c1cncc(Br)c1. The van der Waals surface area contributed by atoms with Gasteiger partial charge in [-0.05, 0) is 40.5 Å². The van der Waals surface area contributed by atoms with E-state index in [1.807, 2.05) is 31.2 Å². The molecule has 4 heteroatoms. The average molecular weight is 305 g/mol. The zero-order chi connectivity index (χ0) is 13.1. The van der Waals surface area contributed by atoms with Crippen LogP contribution in [0.4, 0.5) is 5.69 Å². The Morgan fingerprint density at radius 1 is 1.28 bits per heavy atom. The Hall–Kier alpha value is -1.68. The molecule has 0 aliphatic rings. The van der Waals surface area contributed by atoms with Crippen LogP contribution in [0.3, 0.4) is 0 Å². The lowest BCUT2D eigenvalue weighted by molar-refractivity contribution is 0.0992. The minimum absolute atomic E-state index is 0.0712. The van der Waals surface area contributed by atoms with E-state index in [9.17, 15) is 4.79 Å². The number of hydrogen-bond donors (Lipinski definition) is 0. The van der Waals surface area contributed by atoms with Crippen LogP contribution in [-0.4, -0.2) is 17.9 Å². The second-order valence-corrected chi connectivity index (χ2v) is 4.96. The summed E-state index contributed by atoms with van der Waals surface area (Å²) in [7, 11) is 1.77. The van der Waals surface area contributed by atoms with Crippen molar-refractivity contribution in [2.24, 2.45) is 0 Å². The van der Waals surface area contributed by atoms with Crippen LogP contribution in [0.1, 0.15) is 15.9 Å². The molecule has 1 heterocycles. The molecular formula is C14H13BrN2O. The maximum absolute atomic E-state index is 12.3. The van der Waals surface area contributed by atoms with Crippen LogP contribution in [-0.2, 0) is 0 Å². The average Bonchev–Trinajstić information content (AvgIpc) is 2.37. The number of halogens is 1. The lowest BCUT2D eigenvalue weighted by Gasteiger charge is -2.19. The number of para-hydroxylation sites is 1. The number of nitrogens with zero attached hydrogens (tertiary/aromatic N) is 2. The quantitative estimate of drug-likeness (QED) is 0.851. The Labute approximate surface area is 115 Å². The Bertz CT molecular complexity index is 584. The molecule has 1 aromatic carbocycles. The first-order valence-electron chi connectivity index (χ1n) is 5.54. The van der Waals surface area contributed by atoms with Gasteiger partial charge in [0.15, 0.2) is 0 Å². The van der Waals surface area contributed by atoms with Gasteiger partial charge in [-0.1, -0.05) is 18.2 Å². The highest BCUT2D eigenvalue weighted by atomic mass is 79.9. The van der Waals surface area contributed by atoms with Crippen LogP contribution in [0, 0.1) is 6.92 Å². The van der Waals surface area contributed by atoms with Gasteiger partial charge in [0.05, 0.1) is 5.56 Å². The van der Waals surface area contributed by atoms with E-state index >= 15 is 0 Å². The first kappa shape index (κ1) is 12.8. The van der Waals surface area contributed by atoms with E-state index < -0.39 is 0 Å². The molecule has 2 aromatic rings. The number of carbonyl (C=O) groups is 1. The number of anilines is 1. The van der Waals surface area contributed by atoms with Crippen molar-refractivity contribution in [1.82, 2.24) is 4.98 Å². The second kappa shape index (κ2) is 5.31. The van der Waals surface area contributed by atoms with Gasteiger partial charge in [-0.2, -0.15) is 0 Å². The molecule has 0 unspecified atom stereocenters. The van der Waals surface area contributed by atoms with Gasteiger partial charge in [0.1, 0.15) is 0 Å². The summed E-state index contributed by atoms with van der Waals surface area (Å²) in [5, 5.41) is 0. The van der Waals surface area contributed by atoms with Crippen LogP contribution in [0.15, 0.2) is 47.2 Å². The number of amides is 1. The summed E-state index contributed by atoms with van der Waals surface area (Å²) in [6, 6.07) is 9.56. The highest BCUT2D eigenvalue weighted by molar-refractivity contribution is 9.10. The summed E-state index contributed by atoms with van der Waals surface area (Å²) in [5.74, 6) is -0.0712. The highest BCUT2D eigenvalue weighted by Crippen LogP contribution is 2.20. The van der Waals surface area contributed by atoms with E-state index in [0.717, 1.165) is 15.7 Å². The molecule has 0 aliphatic carbocycles. The fourth-order valence-electron chi connectivity index (χ4n) is 1.77. The van der Waals surface area contributed by atoms with Crippen molar-refractivity contribution in [3.05, 3.63) is 58.3 Å². The van der Waals surface area contributed by atoms with Gasteiger partial charge in [0, 0.05) is 29.6 Å². The summed E-state index contributed by atoms with van der Waals surface area (Å²) in [6.07, 6.45) is 3.23. The number of benzene rings is 1. The molecule has 0 saturated heterocycles. The lowest BCUT2D eigenvalue weighted by atomic mass is 10.1. The van der Waals surface area contributed by atoms with E-state index in [0.29, 0.717) is 5.56 Å². The molecule has 1 amide bonds. The number of rotatable bonds is 2. The Balaban J connectivity index is 2.32. The third-order valence-corrected chi connectivity index (χ3v) is 3.17. The molecule has 0 aliphatic heterocycles. The van der Waals surface area contributed by atoms with Gasteiger partial charge >= 0.3 is 0 Å². The van der Waals surface area contributed by atoms with E-state index in [-0.39, 0.29) is 5.91 Å². The third kappa shape index (κ3) is 2.59. The van der Waals surface area contributed by atoms with Crippen molar-refractivity contribution in [3.8, 4) is 0 Å². The normalized spacial score (nSPS) is 10.2.